The van der Waals surface area contributed by atoms with Gasteiger partial charge in [-0.05, 0) is 39.3 Å². The average Bonchev–Trinajstić information content (AvgIpc) is 3.13. The van der Waals surface area contributed by atoms with Crippen molar-refractivity contribution in [1.82, 2.24) is 29.7 Å². The maximum absolute atomic E-state index is 12.1. The Hall–Kier alpha value is -3.03. The predicted molar refractivity (Wildman–Crippen MR) is 96.0 cm³/mol. The molecule has 1 amide bonds. The topological polar surface area (TPSA) is 94.2 Å². The van der Waals surface area contributed by atoms with Gasteiger partial charge in [-0.15, -0.1) is 10.2 Å². The molecule has 136 valence electrons. The summed E-state index contributed by atoms with van der Waals surface area (Å²) in [5.41, 5.74) is 2.79. The molecule has 0 unspecified atom stereocenters. The van der Waals surface area contributed by atoms with E-state index in [1.54, 1.807) is 18.5 Å². The minimum atomic E-state index is -0.128. The minimum absolute atomic E-state index is 0.0350. The van der Waals surface area contributed by atoms with Crippen molar-refractivity contribution in [2.75, 3.05) is 6.54 Å². The highest BCUT2D eigenvalue weighted by molar-refractivity contribution is 5.96. The van der Waals surface area contributed by atoms with Gasteiger partial charge >= 0.3 is 0 Å². The van der Waals surface area contributed by atoms with E-state index >= 15 is 0 Å². The van der Waals surface area contributed by atoms with Crippen molar-refractivity contribution in [2.24, 2.45) is 0 Å². The Kier molecular flexibility index (Phi) is 5.11. The highest BCUT2D eigenvalue weighted by Gasteiger charge is 2.16. The molecule has 0 radical (unpaired) electrons. The molecule has 26 heavy (non-hydrogen) atoms. The highest BCUT2D eigenvalue weighted by atomic mass is 16.2. The number of nitrogens with zero attached hydrogens (tertiary/aromatic N) is 5. The lowest BCUT2D eigenvalue weighted by molar-refractivity contribution is -0.121. The van der Waals surface area contributed by atoms with Gasteiger partial charge in [-0.25, -0.2) is 0 Å². The highest BCUT2D eigenvalue weighted by Crippen LogP contribution is 2.13. The third-order valence-corrected chi connectivity index (χ3v) is 4.31. The first kappa shape index (κ1) is 17.8. The number of hydrogen-bond acceptors (Lipinski definition) is 5. The molecular weight excluding hydrogens is 332 g/mol. The van der Waals surface area contributed by atoms with Crippen molar-refractivity contribution in [1.29, 1.82) is 0 Å². The number of ketones is 1. The van der Waals surface area contributed by atoms with Gasteiger partial charge in [0.2, 0.25) is 5.91 Å². The van der Waals surface area contributed by atoms with Crippen LogP contribution < -0.4 is 5.32 Å². The van der Waals surface area contributed by atoms with E-state index < -0.39 is 0 Å². The summed E-state index contributed by atoms with van der Waals surface area (Å²) in [5, 5.41) is 15.5. The van der Waals surface area contributed by atoms with Crippen molar-refractivity contribution in [3.8, 4) is 0 Å². The summed E-state index contributed by atoms with van der Waals surface area (Å²) in [7, 11) is 0. The van der Waals surface area contributed by atoms with Crippen LogP contribution in [0.1, 0.15) is 40.9 Å². The fourth-order valence-corrected chi connectivity index (χ4v) is 3.09. The van der Waals surface area contributed by atoms with E-state index in [1.807, 2.05) is 28.8 Å². The molecule has 0 atom stereocenters. The fourth-order valence-electron chi connectivity index (χ4n) is 3.09. The zero-order chi connectivity index (χ0) is 18.7. The Morgan fingerprint density at radius 3 is 2.73 bits per heavy atom. The summed E-state index contributed by atoms with van der Waals surface area (Å²) < 4.78 is 3.52. The summed E-state index contributed by atoms with van der Waals surface area (Å²) in [4.78, 5) is 23.8. The first-order valence-corrected chi connectivity index (χ1v) is 8.57. The molecule has 3 aromatic rings. The van der Waals surface area contributed by atoms with Crippen LogP contribution >= 0.6 is 0 Å². The van der Waals surface area contributed by atoms with Gasteiger partial charge in [0, 0.05) is 24.9 Å². The number of fused-ring (bicyclic) bond motifs is 1. The molecule has 0 aliphatic rings. The SMILES string of the molecule is CC(=O)c1c(C)nn(CC(=O)NCCCc2nnc3ccccn23)c1C. The lowest BCUT2D eigenvalue weighted by atomic mass is 10.1. The summed E-state index contributed by atoms with van der Waals surface area (Å²) in [5.74, 6) is 0.712. The number of aryl methyl sites for hydroxylation is 2. The molecule has 0 spiro atoms. The number of pyridine rings is 1. The molecule has 0 fully saturated rings. The molecule has 8 heteroatoms. The van der Waals surface area contributed by atoms with Crippen molar-refractivity contribution in [2.45, 2.75) is 40.2 Å². The van der Waals surface area contributed by atoms with Gasteiger partial charge in [0.05, 0.1) is 11.3 Å². The molecule has 1 N–H and O–H groups in total. The Balaban J connectivity index is 1.50. The largest absolute Gasteiger partial charge is 0.354 e. The third kappa shape index (κ3) is 3.63. The molecule has 0 saturated heterocycles. The number of carbonyl (C=O) groups is 2. The van der Waals surface area contributed by atoms with E-state index in [4.69, 9.17) is 0 Å². The normalized spacial score (nSPS) is 11.0. The molecular formula is C18H22N6O2. The molecule has 0 aliphatic carbocycles. The van der Waals surface area contributed by atoms with Gasteiger partial charge in [-0.3, -0.25) is 18.7 Å². The van der Waals surface area contributed by atoms with E-state index in [0.717, 1.165) is 30.0 Å². The molecule has 3 aromatic heterocycles. The zero-order valence-corrected chi connectivity index (χ0v) is 15.2. The smallest absolute Gasteiger partial charge is 0.241 e. The zero-order valence-electron chi connectivity index (χ0n) is 15.2. The Morgan fingerprint density at radius 1 is 1.19 bits per heavy atom. The van der Waals surface area contributed by atoms with Gasteiger partial charge in [-0.2, -0.15) is 5.10 Å². The van der Waals surface area contributed by atoms with E-state index in [-0.39, 0.29) is 18.2 Å². The number of Topliss-reactive ketones (excluding diaryl/α,β-unsaturated/α-hetero) is 1. The second kappa shape index (κ2) is 7.47. The first-order chi connectivity index (χ1) is 12.5. The maximum atomic E-state index is 12.1. The predicted octanol–water partition coefficient (Wildman–Crippen LogP) is 1.49. The van der Waals surface area contributed by atoms with E-state index in [9.17, 15) is 9.59 Å². The van der Waals surface area contributed by atoms with Gasteiger partial charge < -0.3 is 5.32 Å². The van der Waals surface area contributed by atoms with Crippen molar-refractivity contribution >= 4 is 17.3 Å². The van der Waals surface area contributed by atoms with Crippen molar-refractivity contribution in [3.63, 3.8) is 0 Å². The van der Waals surface area contributed by atoms with Crippen LogP contribution in [0.4, 0.5) is 0 Å². The quantitative estimate of drug-likeness (QED) is 0.512. The summed E-state index contributed by atoms with van der Waals surface area (Å²) in [6.07, 6.45) is 3.41. The summed E-state index contributed by atoms with van der Waals surface area (Å²) in [6.45, 7) is 5.74. The first-order valence-electron chi connectivity index (χ1n) is 8.57. The molecule has 0 aliphatic heterocycles. The summed E-state index contributed by atoms with van der Waals surface area (Å²) >= 11 is 0. The molecule has 3 heterocycles. The molecule has 0 bridgehead atoms. The number of rotatable bonds is 7. The van der Waals surface area contributed by atoms with Crippen LogP contribution in [0.25, 0.3) is 5.65 Å². The lowest BCUT2D eigenvalue weighted by Crippen LogP contribution is -2.29. The van der Waals surface area contributed by atoms with Crippen LogP contribution in [0.15, 0.2) is 24.4 Å². The maximum Gasteiger partial charge on any atom is 0.241 e. The van der Waals surface area contributed by atoms with Gasteiger partial charge in [0.25, 0.3) is 0 Å². The van der Waals surface area contributed by atoms with Crippen LogP contribution in [0.3, 0.4) is 0 Å². The van der Waals surface area contributed by atoms with Crippen LogP contribution in [-0.4, -0.2) is 42.6 Å². The molecule has 0 aromatic carbocycles. The molecule has 8 nitrogen and oxygen atoms in total. The number of nitrogens with one attached hydrogen (secondary N) is 1. The lowest BCUT2D eigenvalue weighted by Gasteiger charge is -2.07. The van der Waals surface area contributed by atoms with Crippen LogP contribution in [0.2, 0.25) is 0 Å². The van der Waals surface area contributed by atoms with Gasteiger partial charge in [0.1, 0.15) is 12.4 Å². The molecule has 0 saturated carbocycles. The fraction of sp³-hybridized carbons (Fsp3) is 0.389. The van der Waals surface area contributed by atoms with Crippen LogP contribution in [-0.2, 0) is 17.8 Å². The number of amides is 1. The third-order valence-electron chi connectivity index (χ3n) is 4.31. The average molecular weight is 354 g/mol. The number of aromatic nitrogens is 5. The number of hydrogen-bond donors (Lipinski definition) is 1. The minimum Gasteiger partial charge on any atom is -0.354 e. The second-order valence-electron chi connectivity index (χ2n) is 6.26. The van der Waals surface area contributed by atoms with Crippen LogP contribution in [0.5, 0.6) is 0 Å². The Bertz CT molecular complexity index is 956. The Labute approximate surface area is 151 Å². The van der Waals surface area contributed by atoms with Crippen molar-refractivity contribution in [3.05, 3.63) is 47.2 Å². The van der Waals surface area contributed by atoms with E-state index in [0.29, 0.717) is 17.8 Å². The monoisotopic (exact) mass is 354 g/mol. The molecule has 3 rings (SSSR count). The second-order valence-corrected chi connectivity index (χ2v) is 6.26. The summed E-state index contributed by atoms with van der Waals surface area (Å²) in [6, 6.07) is 5.76. The standard InChI is InChI=1S/C18H22N6O2/c1-12-18(14(3)25)13(2)24(22-12)11-17(26)19-9-6-8-16-21-20-15-7-4-5-10-23(15)16/h4-5,7,10H,6,8-9,11H2,1-3H3,(H,19,26). The van der Waals surface area contributed by atoms with E-state index in [1.165, 1.54) is 6.92 Å². The van der Waals surface area contributed by atoms with Crippen LogP contribution in [0, 0.1) is 13.8 Å². The van der Waals surface area contributed by atoms with Gasteiger partial charge in [-0.1, -0.05) is 6.07 Å². The van der Waals surface area contributed by atoms with Crippen molar-refractivity contribution < 1.29 is 9.59 Å². The Morgan fingerprint density at radius 2 is 2.00 bits per heavy atom. The van der Waals surface area contributed by atoms with E-state index in [2.05, 4.69) is 20.6 Å². The number of carbonyl (C=O) groups excluding carboxylic acids is 2. The van der Waals surface area contributed by atoms with Gasteiger partial charge in [0.15, 0.2) is 11.4 Å².